The van der Waals surface area contributed by atoms with Crippen LogP contribution in [0.4, 0.5) is 5.69 Å². The SMILES string of the molecule is COC(=O)c1ccccc1NC(=O)COC(=O)Cc1c(Cl)cccc1Cl. The van der Waals surface area contributed by atoms with Crippen LogP contribution in [0.25, 0.3) is 0 Å². The predicted molar refractivity (Wildman–Crippen MR) is 97.5 cm³/mol. The summed E-state index contributed by atoms with van der Waals surface area (Å²) in [6.45, 7) is -0.517. The highest BCUT2D eigenvalue weighted by molar-refractivity contribution is 6.36. The number of rotatable bonds is 6. The highest BCUT2D eigenvalue weighted by Gasteiger charge is 2.16. The van der Waals surface area contributed by atoms with Crippen LogP contribution in [0.3, 0.4) is 0 Å². The van der Waals surface area contributed by atoms with E-state index in [0.29, 0.717) is 15.6 Å². The van der Waals surface area contributed by atoms with E-state index in [1.807, 2.05) is 0 Å². The number of ether oxygens (including phenoxy) is 2. The van der Waals surface area contributed by atoms with Gasteiger partial charge in [0.05, 0.1) is 24.8 Å². The number of hydrogen-bond donors (Lipinski definition) is 1. The third-order valence-electron chi connectivity index (χ3n) is 3.35. The number of para-hydroxylation sites is 1. The molecule has 1 amide bonds. The monoisotopic (exact) mass is 395 g/mol. The van der Waals surface area contributed by atoms with Gasteiger partial charge in [-0.1, -0.05) is 41.4 Å². The van der Waals surface area contributed by atoms with E-state index in [0.717, 1.165) is 0 Å². The molecule has 0 radical (unpaired) electrons. The highest BCUT2D eigenvalue weighted by atomic mass is 35.5. The van der Waals surface area contributed by atoms with Crippen LogP contribution < -0.4 is 5.32 Å². The summed E-state index contributed by atoms with van der Waals surface area (Å²) in [6, 6.07) is 11.2. The normalized spacial score (nSPS) is 10.1. The summed E-state index contributed by atoms with van der Waals surface area (Å²) < 4.78 is 9.58. The fourth-order valence-electron chi connectivity index (χ4n) is 2.11. The Balaban J connectivity index is 1.93. The summed E-state index contributed by atoms with van der Waals surface area (Å²) in [5.74, 6) is -1.84. The van der Waals surface area contributed by atoms with Crippen molar-refractivity contribution in [2.45, 2.75) is 6.42 Å². The first kappa shape index (κ1) is 19.8. The van der Waals surface area contributed by atoms with Crippen LogP contribution in [-0.2, 0) is 25.5 Å². The van der Waals surface area contributed by atoms with Crippen molar-refractivity contribution in [1.82, 2.24) is 0 Å². The zero-order chi connectivity index (χ0) is 19.1. The first-order valence-corrected chi connectivity index (χ1v) is 8.23. The van der Waals surface area contributed by atoms with Gasteiger partial charge in [0.2, 0.25) is 0 Å². The average molecular weight is 396 g/mol. The molecule has 0 saturated carbocycles. The van der Waals surface area contributed by atoms with Crippen LogP contribution >= 0.6 is 23.2 Å². The lowest BCUT2D eigenvalue weighted by molar-refractivity contribution is -0.146. The minimum absolute atomic E-state index is 0.162. The quantitative estimate of drug-likeness (QED) is 0.756. The second-order valence-electron chi connectivity index (χ2n) is 5.12. The molecule has 0 heterocycles. The Kier molecular flexibility index (Phi) is 7.00. The summed E-state index contributed by atoms with van der Waals surface area (Å²) in [5.41, 5.74) is 0.879. The third kappa shape index (κ3) is 5.21. The minimum Gasteiger partial charge on any atom is -0.465 e. The Hall–Kier alpha value is -2.57. The predicted octanol–water partition coefficient (Wildman–Crippen LogP) is 3.50. The number of amides is 1. The molecule has 0 bridgehead atoms. The Morgan fingerprint density at radius 1 is 1.00 bits per heavy atom. The molecule has 136 valence electrons. The Morgan fingerprint density at radius 2 is 1.65 bits per heavy atom. The second-order valence-corrected chi connectivity index (χ2v) is 5.94. The molecule has 0 aliphatic heterocycles. The number of nitrogens with one attached hydrogen (secondary N) is 1. The van der Waals surface area contributed by atoms with Crippen LogP contribution in [0.15, 0.2) is 42.5 Å². The Bertz CT molecular complexity index is 818. The molecule has 0 saturated heterocycles. The molecular weight excluding hydrogens is 381 g/mol. The molecule has 0 aliphatic rings. The van der Waals surface area contributed by atoms with Crippen LogP contribution in [0, 0.1) is 0 Å². The molecule has 2 aromatic rings. The molecule has 0 aliphatic carbocycles. The Labute approximate surface area is 160 Å². The van der Waals surface area contributed by atoms with Gasteiger partial charge in [0, 0.05) is 15.6 Å². The standard InChI is InChI=1S/C18H15Cl2NO5/c1-25-18(24)11-5-2-3-8-15(11)21-16(22)10-26-17(23)9-12-13(19)6-4-7-14(12)20/h2-8H,9-10H2,1H3,(H,21,22). The zero-order valence-electron chi connectivity index (χ0n) is 13.8. The van der Waals surface area contributed by atoms with Gasteiger partial charge in [-0.2, -0.15) is 0 Å². The molecule has 1 N–H and O–H groups in total. The minimum atomic E-state index is -0.656. The van der Waals surface area contributed by atoms with Gasteiger partial charge < -0.3 is 14.8 Å². The van der Waals surface area contributed by atoms with Crippen molar-refractivity contribution in [3.05, 3.63) is 63.6 Å². The molecule has 6 nitrogen and oxygen atoms in total. The van der Waals surface area contributed by atoms with Gasteiger partial charge in [-0.05, 0) is 24.3 Å². The van der Waals surface area contributed by atoms with Crippen LogP contribution in [-0.4, -0.2) is 31.6 Å². The maximum atomic E-state index is 12.0. The van der Waals surface area contributed by atoms with E-state index >= 15 is 0 Å². The van der Waals surface area contributed by atoms with Crippen molar-refractivity contribution in [2.75, 3.05) is 19.0 Å². The Morgan fingerprint density at radius 3 is 2.31 bits per heavy atom. The van der Waals surface area contributed by atoms with Gasteiger partial charge in [-0.25, -0.2) is 4.79 Å². The molecule has 8 heteroatoms. The van der Waals surface area contributed by atoms with E-state index in [2.05, 4.69) is 10.1 Å². The number of carbonyl (C=O) groups is 3. The number of hydrogen-bond acceptors (Lipinski definition) is 5. The summed E-state index contributed by atoms with van der Waals surface area (Å²) in [4.78, 5) is 35.5. The lowest BCUT2D eigenvalue weighted by Gasteiger charge is -2.10. The van der Waals surface area contributed by atoms with Gasteiger partial charge in [-0.15, -0.1) is 0 Å². The van der Waals surface area contributed by atoms with Gasteiger partial charge >= 0.3 is 11.9 Å². The van der Waals surface area contributed by atoms with Gasteiger partial charge in [0.1, 0.15) is 0 Å². The maximum absolute atomic E-state index is 12.0. The molecule has 0 fully saturated rings. The fourth-order valence-corrected chi connectivity index (χ4v) is 2.64. The molecule has 0 atom stereocenters. The van der Waals surface area contributed by atoms with E-state index in [9.17, 15) is 14.4 Å². The smallest absolute Gasteiger partial charge is 0.339 e. The van der Waals surface area contributed by atoms with Gasteiger partial charge in [0.25, 0.3) is 5.91 Å². The number of benzene rings is 2. The van der Waals surface area contributed by atoms with E-state index < -0.39 is 24.5 Å². The van der Waals surface area contributed by atoms with Gasteiger partial charge in [-0.3, -0.25) is 9.59 Å². The molecule has 0 unspecified atom stereocenters. The first-order valence-electron chi connectivity index (χ1n) is 7.48. The largest absolute Gasteiger partial charge is 0.465 e. The summed E-state index contributed by atoms with van der Waals surface area (Å²) >= 11 is 12.0. The third-order valence-corrected chi connectivity index (χ3v) is 4.06. The van der Waals surface area contributed by atoms with Crippen LogP contribution in [0.5, 0.6) is 0 Å². The molecule has 2 rings (SSSR count). The van der Waals surface area contributed by atoms with Crippen molar-refractivity contribution in [1.29, 1.82) is 0 Å². The number of halogens is 2. The first-order chi connectivity index (χ1) is 12.4. The van der Waals surface area contributed by atoms with E-state index in [-0.39, 0.29) is 17.7 Å². The summed E-state index contributed by atoms with van der Waals surface area (Å²) in [7, 11) is 1.24. The molecule has 0 spiro atoms. The van der Waals surface area contributed by atoms with Crippen molar-refractivity contribution in [3.63, 3.8) is 0 Å². The van der Waals surface area contributed by atoms with Gasteiger partial charge in [0.15, 0.2) is 6.61 Å². The molecule has 26 heavy (non-hydrogen) atoms. The number of esters is 2. The number of methoxy groups -OCH3 is 1. The number of anilines is 1. The summed E-state index contributed by atoms with van der Waals surface area (Å²) in [5, 5.41) is 3.18. The van der Waals surface area contributed by atoms with Crippen molar-refractivity contribution >= 4 is 46.7 Å². The lowest BCUT2D eigenvalue weighted by Crippen LogP contribution is -2.23. The van der Waals surface area contributed by atoms with Crippen LogP contribution in [0.1, 0.15) is 15.9 Å². The maximum Gasteiger partial charge on any atom is 0.339 e. The number of carbonyl (C=O) groups excluding carboxylic acids is 3. The second kappa shape index (κ2) is 9.22. The van der Waals surface area contributed by atoms with E-state index in [4.69, 9.17) is 27.9 Å². The van der Waals surface area contributed by atoms with Crippen molar-refractivity contribution < 1.29 is 23.9 Å². The molecule has 0 aromatic heterocycles. The highest BCUT2D eigenvalue weighted by Crippen LogP contribution is 2.24. The summed E-state index contributed by atoms with van der Waals surface area (Å²) in [6.07, 6.45) is -0.162. The topological polar surface area (TPSA) is 81.7 Å². The van der Waals surface area contributed by atoms with Crippen molar-refractivity contribution in [3.8, 4) is 0 Å². The fraction of sp³-hybridized carbons (Fsp3) is 0.167. The lowest BCUT2D eigenvalue weighted by atomic mass is 10.1. The molecular formula is C18H15Cl2NO5. The van der Waals surface area contributed by atoms with Crippen LogP contribution in [0.2, 0.25) is 10.0 Å². The van der Waals surface area contributed by atoms with Crippen molar-refractivity contribution in [2.24, 2.45) is 0 Å². The van der Waals surface area contributed by atoms with E-state index in [1.54, 1.807) is 30.3 Å². The average Bonchev–Trinajstić information content (AvgIpc) is 2.63. The molecule has 2 aromatic carbocycles. The van der Waals surface area contributed by atoms with E-state index in [1.165, 1.54) is 19.2 Å². The zero-order valence-corrected chi connectivity index (χ0v) is 15.3.